The first-order chi connectivity index (χ1) is 12.6. The highest BCUT2D eigenvalue weighted by atomic mass is 32.1. The normalized spacial score (nSPS) is 15.4. The number of hydrogen-bond acceptors (Lipinski definition) is 6. The number of benzene rings is 1. The number of likely N-dealkylation sites (tertiary alicyclic amines) is 1. The molecule has 0 spiro atoms. The number of anilines is 1. The number of carbonyl (C=O) groups is 1. The standard InChI is InChI=1S/C19H22N4O2S/c1-14-6-8-23(9-7-14)11-16-13-26-19(21-16)22-18(24)12-25-17-5-3-2-4-15(17)10-20/h2-5,13-14H,6-9,11-12H2,1H3,(H,21,22,24). The van der Waals surface area contributed by atoms with Crippen molar-refractivity contribution in [3.8, 4) is 11.8 Å². The van der Waals surface area contributed by atoms with Crippen LogP contribution >= 0.6 is 11.3 Å². The van der Waals surface area contributed by atoms with E-state index in [1.54, 1.807) is 24.3 Å². The molecular weight excluding hydrogens is 348 g/mol. The number of hydrogen-bond donors (Lipinski definition) is 1. The van der Waals surface area contributed by atoms with Crippen molar-refractivity contribution in [3.05, 3.63) is 40.9 Å². The molecule has 3 rings (SSSR count). The molecule has 136 valence electrons. The van der Waals surface area contributed by atoms with Crippen molar-refractivity contribution in [2.24, 2.45) is 5.92 Å². The summed E-state index contributed by atoms with van der Waals surface area (Å²) in [7, 11) is 0. The van der Waals surface area contributed by atoms with E-state index in [0.717, 1.165) is 31.2 Å². The quantitative estimate of drug-likeness (QED) is 0.844. The zero-order valence-corrected chi connectivity index (χ0v) is 15.6. The Balaban J connectivity index is 1.48. The predicted octanol–water partition coefficient (Wildman–Crippen LogP) is 3.26. The molecule has 1 aliphatic heterocycles. The van der Waals surface area contributed by atoms with Gasteiger partial charge >= 0.3 is 0 Å². The van der Waals surface area contributed by atoms with Crippen LogP contribution in [-0.4, -0.2) is 35.5 Å². The van der Waals surface area contributed by atoms with Crippen LogP contribution in [-0.2, 0) is 11.3 Å². The molecule has 1 amide bonds. The maximum atomic E-state index is 12.1. The fraction of sp³-hybridized carbons (Fsp3) is 0.421. The molecule has 1 aromatic heterocycles. The zero-order valence-electron chi connectivity index (χ0n) is 14.8. The highest BCUT2D eigenvalue weighted by molar-refractivity contribution is 7.13. The van der Waals surface area contributed by atoms with Crippen LogP contribution in [0, 0.1) is 17.2 Å². The van der Waals surface area contributed by atoms with Gasteiger partial charge in [-0.15, -0.1) is 11.3 Å². The number of thiazole rings is 1. The number of nitrogens with zero attached hydrogens (tertiary/aromatic N) is 3. The lowest BCUT2D eigenvalue weighted by atomic mass is 9.99. The van der Waals surface area contributed by atoms with Crippen LogP contribution in [0.15, 0.2) is 29.6 Å². The van der Waals surface area contributed by atoms with Gasteiger partial charge in [-0.3, -0.25) is 15.0 Å². The van der Waals surface area contributed by atoms with E-state index < -0.39 is 0 Å². The maximum Gasteiger partial charge on any atom is 0.264 e. The summed E-state index contributed by atoms with van der Waals surface area (Å²) in [6.45, 7) is 5.17. The van der Waals surface area contributed by atoms with Crippen LogP contribution in [0.1, 0.15) is 31.0 Å². The first kappa shape index (κ1) is 18.4. The van der Waals surface area contributed by atoms with E-state index in [1.807, 2.05) is 11.4 Å². The summed E-state index contributed by atoms with van der Waals surface area (Å²) in [6, 6.07) is 8.89. The highest BCUT2D eigenvalue weighted by Crippen LogP contribution is 2.21. The molecule has 7 heteroatoms. The number of para-hydroxylation sites is 1. The second-order valence-electron chi connectivity index (χ2n) is 6.55. The first-order valence-corrected chi connectivity index (χ1v) is 9.60. The SMILES string of the molecule is CC1CCN(Cc2csc(NC(=O)COc3ccccc3C#N)n2)CC1. The van der Waals surface area contributed by atoms with E-state index in [9.17, 15) is 4.79 Å². The van der Waals surface area contributed by atoms with Crippen LogP contribution in [0.2, 0.25) is 0 Å². The van der Waals surface area contributed by atoms with Gasteiger partial charge in [0.1, 0.15) is 11.8 Å². The van der Waals surface area contributed by atoms with Gasteiger partial charge in [0.25, 0.3) is 5.91 Å². The highest BCUT2D eigenvalue weighted by Gasteiger charge is 2.17. The molecule has 1 saturated heterocycles. The Morgan fingerprint density at radius 2 is 2.19 bits per heavy atom. The summed E-state index contributed by atoms with van der Waals surface area (Å²) >= 11 is 1.42. The Morgan fingerprint density at radius 3 is 2.96 bits per heavy atom. The maximum absolute atomic E-state index is 12.1. The fourth-order valence-electron chi connectivity index (χ4n) is 2.87. The van der Waals surface area contributed by atoms with E-state index in [1.165, 1.54) is 24.2 Å². The molecule has 2 aromatic rings. The lowest BCUT2D eigenvalue weighted by Gasteiger charge is -2.29. The minimum Gasteiger partial charge on any atom is -0.482 e. The zero-order chi connectivity index (χ0) is 18.4. The number of amides is 1. The van der Waals surface area contributed by atoms with Gasteiger partial charge < -0.3 is 4.74 Å². The van der Waals surface area contributed by atoms with Gasteiger partial charge in [0.2, 0.25) is 0 Å². The molecule has 1 aliphatic rings. The third-order valence-corrected chi connectivity index (χ3v) is 5.23. The first-order valence-electron chi connectivity index (χ1n) is 8.72. The Bertz CT molecular complexity index is 791. The number of nitrogens with one attached hydrogen (secondary N) is 1. The van der Waals surface area contributed by atoms with Crippen molar-refractivity contribution < 1.29 is 9.53 Å². The van der Waals surface area contributed by atoms with Gasteiger partial charge in [0.05, 0.1) is 11.3 Å². The minimum absolute atomic E-state index is 0.155. The molecular formula is C19H22N4O2S. The third-order valence-electron chi connectivity index (χ3n) is 4.43. The van der Waals surface area contributed by atoms with E-state index in [-0.39, 0.29) is 12.5 Å². The van der Waals surface area contributed by atoms with Crippen molar-refractivity contribution in [3.63, 3.8) is 0 Å². The Kier molecular flexibility index (Phi) is 6.21. The monoisotopic (exact) mass is 370 g/mol. The van der Waals surface area contributed by atoms with Crippen molar-refractivity contribution in [2.45, 2.75) is 26.3 Å². The van der Waals surface area contributed by atoms with E-state index in [0.29, 0.717) is 16.4 Å². The lowest BCUT2D eigenvalue weighted by Crippen LogP contribution is -2.32. The van der Waals surface area contributed by atoms with Crippen LogP contribution in [0.3, 0.4) is 0 Å². The van der Waals surface area contributed by atoms with Gasteiger partial charge in [-0.25, -0.2) is 4.98 Å². The molecule has 26 heavy (non-hydrogen) atoms. The molecule has 0 bridgehead atoms. The van der Waals surface area contributed by atoms with Crippen LogP contribution in [0.4, 0.5) is 5.13 Å². The number of nitriles is 1. The molecule has 1 aromatic carbocycles. The predicted molar refractivity (Wildman–Crippen MR) is 101 cm³/mol. The Hall–Kier alpha value is -2.43. The molecule has 0 unspecified atom stereocenters. The van der Waals surface area contributed by atoms with Crippen molar-refractivity contribution >= 4 is 22.4 Å². The largest absolute Gasteiger partial charge is 0.482 e. The lowest BCUT2D eigenvalue weighted by molar-refractivity contribution is -0.118. The van der Waals surface area contributed by atoms with Gasteiger partial charge in [-0.05, 0) is 44.0 Å². The van der Waals surface area contributed by atoms with Gasteiger partial charge in [0, 0.05) is 11.9 Å². The summed E-state index contributed by atoms with van der Waals surface area (Å²) in [6.07, 6.45) is 2.46. The molecule has 2 heterocycles. The van der Waals surface area contributed by atoms with E-state index >= 15 is 0 Å². The number of piperidine rings is 1. The minimum atomic E-state index is -0.287. The number of rotatable bonds is 6. The smallest absolute Gasteiger partial charge is 0.264 e. The number of carbonyl (C=O) groups excluding carboxylic acids is 1. The average molecular weight is 370 g/mol. The molecule has 1 fully saturated rings. The van der Waals surface area contributed by atoms with Crippen LogP contribution in [0.5, 0.6) is 5.75 Å². The second kappa shape index (κ2) is 8.79. The van der Waals surface area contributed by atoms with Crippen molar-refractivity contribution in [1.82, 2.24) is 9.88 Å². The second-order valence-corrected chi connectivity index (χ2v) is 7.41. The Labute approximate surface area is 157 Å². The molecule has 6 nitrogen and oxygen atoms in total. The summed E-state index contributed by atoms with van der Waals surface area (Å²) < 4.78 is 5.43. The van der Waals surface area contributed by atoms with Gasteiger partial charge in [0.15, 0.2) is 11.7 Å². The third kappa shape index (κ3) is 5.04. The molecule has 0 aliphatic carbocycles. The van der Waals surface area contributed by atoms with Crippen LogP contribution in [0.25, 0.3) is 0 Å². The van der Waals surface area contributed by atoms with Crippen molar-refractivity contribution in [1.29, 1.82) is 5.26 Å². The summed E-state index contributed by atoms with van der Waals surface area (Å²) in [4.78, 5) is 19.0. The summed E-state index contributed by atoms with van der Waals surface area (Å²) in [5, 5.41) is 14.3. The number of ether oxygens (including phenoxy) is 1. The molecule has 0 atom stereocenters. The summed E-state index contributed by atoms with van der Waals surface area (Å²) in [5.74, 6) is 0.928. The average Bonchev–Trinajstić information content (AvgIpc) is 3.09. The topological polar surface area (TPSA) is 78.3 Å². The molecule has 1 N–H and O–H groups in total. The molecule has 0 radical (unpaired) electrons. The van der Waals surface area contributed by atoms with Gasteiger partial charge in [-0.2, -0.15) is 5.26 Å². The summed E-state index contributed by atoms with van der Waals surface area (Å²) in [5.41, 5.74) is 1.39. The van der Waals surface area contributed by atoms with Crippen molar-refractivity contribution in [2.75, 3.05) is 25.0 Å². The van der Waals surface area contributed by atoms with Crippen LogP contribution < -0.4 is 10.1 Å². The number of aromatic nitrogens is 1. The van der Waals surface area contributed by atoms with Gasteiger partial charge in [-0.1, -0.05) is 19.1 Å². The molecule has 0 saturated carbocycles. The fourth-order valence-corrected chi connectivity index (χ4v) is 3.59. The van der Waals surface area contributed by atoms with E-state index in [2.05, 4.69) is 22.1 Å². The van der Waals surface area contributed by atoms with E-state index in [4.69, 9.17) is 10.00 Å². The Morgan fingerprint density at radius 1 is 1.42 bits per heavy atom.